The molecule has 0 unspecified atom stereocenters. The maximum atomic E-state index is 11.8. The molecule has 1 amide bonds. The van der Waals surface area contributed by atoms with Crippen molar-refractivity contribution in [3.05, 3.63) is 59.1 Å². The van der Waals surface area contributed by atoms with Gasteiger partial charge in [-0.25, -0.2) is 0 Å². The summed E-state index contributed by atoms with van der Waals surface area (Å²) >= 11 is 5.87. The summed E-state index contributed by atoms with van der Waals surface area (Å²) in [6.45, 7) is 2.16. The first-order valence-electron chi connectivity index (χ1n) is 6.00. The van der Waals surface area contributed by atoms with Gasteiger partial charge in [0, 0.05) is 16.4 Å². The Balaban J connectivity index is 1.90. The van der Waals surface area contributed by atoms with E-state index >= 15 is 0 Å². The number of hydrogen-bond donors (Lipinski definition) is 2. The first-order chi connectivity index (χ1) is 9.15. The van der Waals surface area contributed by atoms with Crippen LogP contribution in [0.1, 0.15) is 5.56 Å². The molecule has 0 aromatic heterocycles. The zero-order valence-electron chi connectivity index (χ0n) is 10.6. The molecule has 0 heterocycles. The second kappa shape index (κ2) is 6.25. The molecule has 19 heavy (non-hydrogen) atoms. The topological polar surface area (TPSA) is 41.1 Å². The number of para-hydroxylation sites is 1. The third-order valence-corrected chi connectivity index (χ3v) is 2.93. The number of hydrogen-bond acceptors (Lipinski definition) is 2. The van der Waals surface area contributed by atoms with E-state index in [-0.39, 0.29) is 12.5 Å². The van der Waals surface area contributed by atoms with Crippen molar-refractivity contribution < 1.29 is 4.79 Å². The zero-order valence-corrected chi connectivity index (χ0v) is 11.4. The molecule has 0 aliphatic rings. The Hall–Kier alpha value is -2.00. The molecule has 2 aromatic rings. The molecule has 0 spiro atoms. The fourth-order valence-corrected chi connectivity index (χ4v) is 1.88. The van der Waals surface area contributed by atoms with E-state index in [9.17, 15) is 4.79 Å². The quantitative estimate of drug-likeness (QED) is 0.893. The fraction of sp³-hybridized carbons (Fsp3) is 0.133. The minimum absolute atomic E-state index is 0.0886. The number of aryl methyl sites for hydroxylation is 1. The van der Waals surface area contributed by atoms with Crippen molar-refractivity contribution in [2.24, 2.45) is 0 Å². The number of benzene rings is 2. The first kappa shape index (κ1) is 13.4. The lowest BCUT2D eigenvalue weighted by atomic mass is 10.2. The molecule has 3 nitrogen and oxygen atoms in total. The van der Waals surface area contributed by atoms with Gasteiger partial charge in [-0.1, -0.05) is 35.9 Å². The minimum Gasteiger partial charge on any atom is -0.376 e. The lowest BCUT2D eigenvalue weighted by Gasteiger charge is -2.09. The largest absolute Gasteiger partial charge is 0.376 e. The average molecular weight is 275 g/mol. The monoisotopic (exact) mass is 274 g/mol. The zero-order chi connectivity index (χ0) is 13.7. The number of rotatable bonds is 4. The van der Waals surface area contributed by atoms with Crippen LogP contribution in [0.4, 0.5) is 11.4 Å². The van der Waals surface area contributed by atoms with E-state index in [1.165, 1.54) is 0 Å². The van der Waals surface area contributed by atoms with Crippen LogP contribution in [0.15, 0.2) is 48.5 Å². The van der Waals surface area contributed by atoms with Gasteiger partial charge in [-0.2, -0.15) is 0 Å². The lowest BCUT2D eigenvalue weighted by molar-refractivity contribution is -0.114. The SMILES string of the molecule is Cc1ccccc1NC(=O)CNc1cccc(Cl)c1. The van der Waals surface area contributed by atoms with Crippen LogP contribution in [0.25, 0.3) is 0 Å². The van der Waals surface area contributed by atoms with E-state index in [1.54, 1.807) is 12.1 Å². The van der Waals surface area contributed by atoms with E-state index in [4.69, 9.17) is 11.6 Å². The standard InChI is InChI=1S/C15H15ClN2O/c1-11-5-2-3-8-14(11)18-15(19)10-17-13-7-4-6-12(16)9-13/h2-9,17H,10H2,1H3,(H,18,19). The summed E-state index contributed by atoms with van der Waals surface area (Å²) in [5, 5.41) is 6.53. The van der Waals surface area contributed by atoms with Crippen LogP contribution >= 0.6 is 11.6 Å². The Labute approximate surface area is 117 Å². The summed E-state index contributed by atoms with van der Waals surface area (Å²) in [5.74, 6) is -0.0886. The van der Waals surface area contributed by atoms with Crippen LogP contribution in [0.3, 0.4) is 0 Å². The molecule has 0 radical (unpaired) electrons. The van der Waals surface area contributed by atoms with Gasteiger partial charge < -0.3 is 10.6 Å². The number of carbonyl (C=O) groups is 1. The molecule has 0 fully saturated rings. The molecule has 0 aliphatic heterocycles. The highest BCUT2D eigenvalue weighted by atomic mass is 35.5. The minimum atomic E-state index is -0.0886. The van der Waals surface area contributed by atoms with Crippen LogP contribution in [-0.2, 0) is 4.79 Å². The molecule has 0 atom stereocenters. The van der Waals surface area contributed by atoms with Gasteiger partial charge in [0.25, 0.3) is 0 Å². The van der Waals surface area contributed by atoms with Crippen LogP contribution < -0.4 is 10.6 Å². The smallest absolute Gasteiger partial charge is 0.243 e. The van der Waals surface area contributed by atoms with Crippen molar-refractivity contribution in [1.82, 2.24) is 0 Å². The van der Waals surface area contributed by atoms with Crippen LogP contribution in [0, 0.1) is 6.92 Å². The summed E-state index contributed by atoms with van der Waals surface area (Å²) in [4.78, 5) is 11.8. The summed E-state index contributed by atoms with van der Waals surface area (Å²) in [6, 6.07) is 15.0. The second-order valence-corrected chi connectivity index (χ2v) is 4.66. The molecular formula is C15H15ClN2O. The fourth-order valence-electron chi connectivity index (χ4n) is 1.69. The maximum Gasteiger partial charge on any atom is 0.243 e. The highest BCUT2D eigenvalue weighted by Gasteiger charge is 2.04. The molecule has 98 valence electrons. The number of halogens is 1. The third kappa shape index (κ3) is 4.00. The van der Waals surface area contributed by atoms with Gasteiger partial charge in [-0.3, -0.25) is 4.79 Å². The Bertz CT molecular complexity index is 584. The van der Waals surface area contributed by atoms with Crippen LogP contribution in [0.2, 0.25) is 5.02 Å². The van der Waals surface area contributed by atoms with E-state index in [0.29, 0.717) is 5.02 Å². The molecule has 4 heteroatoms. The van der Waals surface area contributed by atoms with Crippen molar-refractivity contribution in [3.63, 3.8) is 0 Å². The van der Waals surface area contributed by atoms with E-state index in [0.717, 1.165) is 16.9 Å². The maximum absolute atomic E-state index is 11.8. The van der Waals surface area contributed by atoms with Gasteiger partial charge in [0.2, 0.25) is 5.91 Å². The number of carbonyl (C=O) groups excluding carboxylic acids is 1. The van der Waals surface area contributed by atoms with Gasteiger partial charge in [-0.15, -0.1) is 0 Å². The molecule has 2 N–H and O–H groups in total. The Morgan fingerprint density at radius 3 is 2.68 bits per heavy atom. The molecule has 0 bridgehead atoms. The summed E-state index contributed by atoms with van der Waals surface area (Å²) < 4.78 is 0. The lowest BCUT2D eigenvalue weighted by Crippen LogP contribution is -2.22. The molecule has 2 rings (SSSR count). The summed E-state index contributed by atoms with van der Waals surface area (Å²) in [5.41, 5.74) is 2.70. The molecule has 0 saturated carbocycles. The molecule has 0 aliphatic carbocycles. The Morgan fingerprint density at radius 1 is 1.16 bits per heavy atom. The molecule has 2 aromatic carbocycles. The second-order valence-electron chi connectivity index (χ2n) is 4.23. The Morgan fingerprint density at radius 2 is 1.95 bits per heavy atom. The normalized spacial score (nSPS) is 10.0. The van der Waals surface area contributed by atoms with Crippen molar-refractivity contribution in [2.45, 2.75) is 6.92 Å². The highest BCUT2D eigenvalue weighted by molar-refractivity contribution is 6.30. The van der Waals surface area contributed by atoms with Gasteiger partial charge in [0.1, 0.15) is 0 Å². The predicted octanol–water partition coefficient (Wildman–Crippen LogP) is 3.70. The summed E-state index contributed by atoms with van der Waals surface area (Å²) in [6.07, 6.45) is 0. The van der Waals surface area contributed by atoms with Gasteiger partial charge >= 0.3 is 0 Å². The molecule has 0 saturated heterocycles. The van der Waals surface area contributed by atoms with Crippen molar-refractivity contribution in [1.29, 1.82) is 0 Å². The van der Waals surface area contributed by atoms with Crippen LogP contribution in [-0.4, -0.2) is 12.5 Å². The van der Waals surface area contributed by atoms with Crippen LogP contribution in [0.5, 0.6) is 0 Å². The van der Waals surface area contributed by atoms with Gasteiger partial charge in [-0.05, 0) is 36.8 Å². The van der Waals surface area contributed by atoms with E-state index in [1.807, 2.05) is 43.3 Å². The molecular weight excluding hydrogens is 260 g/mol. The summed E-state index contributed by atoms with van der Waals surface area (Å²) in [7, 11) is 0. The van der Waals surface area contributed by atoms with Crippen molar-refractivity contribution >= 4 is 28.9 Å². The van der Waals surface area contributed by atoms with E-state index < -0.39 is 0 Å². The predicted molar refractivity (Wildman–Crippen MR) is 79.8 cm³/mol. The van der Waals surface area contributed by atoms with Gasteiger partial charge in [0.15, 0.2) is 0 Å². The first-order valence-corrected chi connectivity index (χ1v) is 6.38. The van der Waals surface area contributed by atoms with Gasteiger partial charge in [0.05, 0.1) is 6.54 Å². The highest BCUT2D eigenvalue weighted by Crippen LogP contribution is 2.15. The van der Waals surface area contributed by atoms with Crippen molar-refractivity contribution in [2.75, 3.05) is 17.2 Å². The van der Waals surface area contributed by atoms with E-state index in [2.05, 4.69) is 10.6 Å². The van der Waals surface area contributed by atoms with Crippen molar-refractivity contribution in [3.8, 4) is 0 Å². The number of nitrogens with one attached hydrogen (secondary N) is 2. The average Bonchev–Trinajstić information content (AvgIpc) is 2.39. The number of amides is 1. The Kier molecular flexibility index (Phi) is 4.42. The number of anilines is 2. The third-order valence-electron chi connectivity index (χ3n) is 2.70.